The standard InChI is InChI=1S/C21H24N4O/c26-25-9-3-8-23-21(25)24-13-19-18(20(19)14-24)12-22-11-15-6-7-16-4-1-2-5-17(16)10-15/h1-10,18-22,26H,11-14H2. The van der Waals surface area contributed by atoms with Crippen LogP contribution in [0.4, 0.5) is 0 Å². The van der Waals surface area contributed by atoms with Crippen molar-refractivity contribution in [2.45, 2.75) is 12.8 Å². The van der Waals surface area contributed by atoms with Crippen molar-refractivity contribution in [1.82, 2.24) is 15.3 Å². The molecule has 134 valence electrons. The number of rotatable bonds is 5. The molecule has 0 spiro atoms. The summed E-state index contributed by atoms with van der Waals surface area (Å²) in [5.74, 6) is 2.25. The van der Waals surface area contributed by atoms with Crippen LogP contribution < -0.4 is 5.32 Å². The Bertz CT molecular complexity index is 852. The van der Waals surface area contributed by atoms with Crippen molar-refractivity contribution in [3.8, 4) is 0 Å². The lowest BCUT2D eigenvalue weighted by atomic mass is 10.1. The first-order chi connectivity index (χ1) is 12.8. The highest BCUT2D eigenvalue weighted by atomic mass is 16.5. The molecule has 3 aliphatic rings. The lowest BCUT2D eigenvalue weighted by Gasteiger charge is -2.32. The first kappa shape index (κ1) is 16.0. The number of nitrogens with one attached hydrogen (secondary N) is 1. The van der Waals surface area contributed by atoms with E-state index in [4.69, 9.17) is 0 Å². The number of benzene rings is 2. The molecule has 0 aromatic heterocycles. The van der Waals surface area contributed by atoms with Gasteiger partial charge in [-0.15, -0.1) is 0 Å². The number of likely N-dealkylation sites (tertiary alicyclic amines) is 1. The molecule has 1 saturated carbocycles. The minimum atomic E-state index is -0.237. The topological polar surface area (TPSA) is 51.1 Å². The van der Waals surface area contributed by atoms with Crippen LogP contribution in [0, 0.1) is 17.8 Å². The molecule has 2 heterocycles. The minimum Gasteiger partial charge on any atom is -0.312 e. The van der Waals surface area contributed by atoms with Crippen molar-refractivity contribution in [1.29, 1.82) is 0 Å². The van der Waals surface area contributed by atoms with Crippen LogP contribution >= 0.6 is 0 Å². The zero-order chi connectivity index (χ0) is 17.5. The van der Waals surface area contributed by atoms with E-state index in [1.165, 1.54) is 21.4 Å². The second kappa shape index (κ2) is 6.50. The fourth-order valence-electron chi connectivity index (χ4n) is 4.57. The van der Waals surface area contributed by atoms with Crippen LogP contribution in [0.2, 0.25) is 0 Å². The van der Waals surface area contributed by atoms with E-state index >= 15 is 0 Å². The predicted molar refractivity (Wildman–Crippen MR) is 103 cm³/mol. The van der Waals surface area contributed by atoms with Gasteiger partial charge in [0, 0.05) is 32.0 Å². The van der Waals surface area contributed by atoms with Gasteiger partial charge in [0.25, 0.3) is 0 Å². The molecular weight excluding hydrogens is 324 g/mol. The highest BCUT2D eigenvalue weighted by molar-refractivity contribution is 5.82. The monoisotopic (exact) mass is 348 g/mol. The van der Waals surface area contributed by atoms with E-state index in [-0.39, 0.29) is 6.29 Å². The zero-order valence-electron chi connectivity index (χ0n) is 14.7. The third kappa shape index (κ3) is 2.92. The van der Waals surface area contributed by atoms with Gasteiger partial charge >= 0.3 is 0 Å². The summed E-state index contributed by atoms with van der Waals surface area (Å²) in [6.07, 6.45) is 4.96. The smallest absolute Gasteiger partial charge is 0.201 e. The number of hydrogen-bond donors (Lipinski definition) is 2. The van der Waals surface area contributed by atoms with Gasteiger partial charge in [-0.3, -0.25) is 15.1 Å². The highest BCUT2D eigenvalue weighted by Gasteiger charge is 2.56. The zero-order valence-corrected chi connectivity index (χ0v) is 14.7. The highest BCUT2D eigenvalue weighted by Crippen LogP contribution is 2.52. The summed E-state index contributed by atoms with van der Waals surface area (Å²) >= 11 is 0. The van der Waals surface area contributed by atoms with Gasteiger partial charge in [0.05, 0.1) is 0 Å². The Labute approximate surface area is 153 Å². The molecule has 2 fully saturated rings. The van der Waals surface area contributed by atoms with Gasteiger partial charge in [-0.05, 0) is 52.8 Å². The van der Waals surface area contributed by atoms with Crippen LogP contribution in [0.3, 0.4) is 0 Å². The third-order valence-corrected chi connectivity index (χ3v) is 6.03. The van der Waals surface area contributed by atoms with Crippen molar-refractivity contribution >= 4 is 17.0 Å². The van der Waals surface area contributed by atoms with Gasteiger partial charge in [-0.2, -0.15) is 0 Å². The molecule has 3 atom stereocenters. The van der Waals surface area contributed by atoms with E-state index in [1.807, 2.05) is 0 Å². The maximum Gasteiger partial charge on any atom is 0.201 e. The summed E-state index contributed by atoms with van der Waals surface area (Å²) in [5, 5.41) is 17.4. The van der Waals surface area contributed by atoms with Crippen LogP contribution in [0.25, 0.3) is 10.8 Å². The second-order valence-electron chi connectivity index (χ2n) is 7.62. The maximum absolute atomic E-state index is 9.92. The SMILES string of the molecule is ON1C=CC=NC1N1CC2C(CNCc3ccc4ccccc4c3)C2C1. The molecule has 0 radical (unpaired) electrons. The normalized spacial score (nSPS) is 30.1. The number of allylic oxidation sites excluding steroid dienone is 1. The van der Waals surface area contributed by atoms with Crippen LogP contribution in [-0.4, -0.2) is 47.3 Å². The molecule has 1 saturated heterocycles. The van der Waals surface area contributed by atoms with Gasteiger partial charge in [-0.1, -0.05) is 36.4 Å². The Balaban J connectivity index is 1.11. The average molecular weight is 348 g/mol. The van der Waals surface area contributed by atoms with Crippen molar-refractivity contribution in [2.24, 2.45) is 22.7 Å². The van der Waals surface area contributed by atoms with Crippen molar-refractivity contribution in [2.75, 3.05) is 19.6 Å². The van der Waals surface area contributed by atoms with Gasteiger partial charge in [0.2, 0.25) is 6.29 Å². The molecule has 5 heteroatoms. The first-order valence-electron chi connectivity index (χ1n) is 9.39. The largest absolute Gasteiger partial charge is 0.312 e. The van der Waals surface area contributed by atoms with Gasteiger partial charge < -0.3 is 5.32 Å². The van der Waals surface area contributed by atoms with E-state index < -0.39 is 0 Å². The molecule has 3 unspecified atom stereocenters. The summed E-state index contributed by atoms with van der Waals surface area (Å²) in [6.45, 7) is 4.05. The molecule has 0 bridgehead atoms. The maximum atomic E-state index is 9.92. The fourth-order valence-corrected chi connectivity index (χ4v) is 4.57. The van der Waals surface area contributed by atoms with E-state index in [2.05, 4.69) is 57.7 Å². The molecule has 0 amide bonds. The molecule has 5 rings (SSSR count). The van der Waals surface area contributed by atoms with E-state index in [9.17, 15) is 5.21 Å². The predicted octanol–water partition coefficient (Wildman–Crippen LogP) is 2.68. The summed E-state index contributed by atoms with van der Waals surface area (Å²) < 4.78 is 0. The van der Waals surface area contributed by atoms with Crippen LogP contribution in [0.15, 0.2) is 59.7 Å². The minimum absolute atomic E-state index is 0.237. The van der Waals surface area contributed by atoms with E-state index in [0.29, 0.717) is 0 Å². The van der Waals surface area contributed by atoms with Gasteiger partial charge in [0.1, 0.15) is 0 Å². The number of nitrogens with zero attached hydrogens (tertiary/aromatic N) is 3. The first-order valence-corrected chi connectivity index (χ1v) is 9.39. The summed E-state index contributed by atoms with van der Waals surface area (Å²) in [5.41, 5.74) is 1.34. The Hall–Kier alpha value is -2.21. The average Bonchev–Trinajstić information content (AvgIpc) is 3.11. The summed E-state index contributed by atoms with van der Waals surface area (Å²) in [7, 11) is 0. The summed E-state index contributed by atoms with van der Waals surface area (Å²) in [4.78, 5) is 6.65. The van der Waals surface area contributed by atoms with E-state index in [0.717, 1.165) is 43.9 Å². The van der Waals surface area contributed by atoms with Gasteiger partial charge in [-0.25, -0.2) is 5.06 Å². The molecule has 1 aliphatic carbocycles. The molecule has 26 heavy (non-hydrogen) atoms. The Morgan fingerprint density at radius 2 is 1.88 bits per heavy atom. The van der Waals surface area contributed by atoms with Crippen molar-refractivity contribution in [3.63, 3.8) is 0 Å². The molecule has 2 aromatic carbocycles. The number of fused-ring (bicyclic) bond motifs is 2. The molecular formula is C21H24N4O. The number of hydroxylamine groups is 2. The molecule has 2 aliphatic heterocycles. The Morgan fingerprint density at radius 3 is 2.69 bits per heavy atom. The Morgan fingerprint density at radius 1 is 1.08 bits per heavy atom. The fraction of sp³-hybridized carbons (Fsp3) is 0.381. The van der Waals surface area contributed by atoms with Crippen LogP contribution in [0.1, 0.15) is 5.56 Å². The lowest BCUT2D eigenvalue weighted by Crippen LogP contribution is -2.45. The number of hydrogen-bond acceptors (Lipinski definition) is 5. The van der Waals surface area contributed by atoms with Crippen LogP contribution in [-0.2, 0) is 6.54 Å². The number of aliphatic imine (C=N–C) groups is 1. The summed E-state index contributed by atoms with van der Waals surface area (Å²) in [6, 6.07) is 15.2. The lowest BCUT2D eigenvalue weighted by molar-refractivity contribution is -0.127. The van der Waals surface area contributed by atoms with E-state index in [1.54, 1.807) is 18.5 Å². The Kier molecular flexibility index (Phi) is 4.00. The molecule has 5 nitrogen and oxygen atoms in total. The molecule has 2 aromatic rings. The number of piperidine rings is 1. The quantitative estimate of drug-likeness (QED) is 0.872. The molecule has 2 N–H and O–H groups in total. The van der Waals surface area contributed by atoms with Crippen molar-refractivity contribution < 1.29 is 5.21 Å². The van der Waals surface area contributed by atoms with Crippen LogP contribution in [0.5, 0.6) is 0 Å². The van der Waals surface area contributed by atoms with Gasteiger partial charge in [0.15, 0.2) is 0 Å². The third-order valence-electron chi connectivity index (χ3n) is 6.03. The second-order valence-corrected chi connectivity index (χ2v) is 7.62. The van der Waals surface area contributed by atoms with Crippen molar-refractivity contribution in [3.05, 3.63) is 60.3 Å².